The van der Waals surface area contributed by atoms with Crippen LogP contribution >= 0.6 is 11.8 Å². The fourth-order valence-corrected chi connectivity index (χ4v) is 2.65. The van der Waals surface area contributed by atoms with Gasteiger partial charge in [-0.3, -0.25) is 0 Å². The Morgan fingerprint density at radius 2 is 2.33 bits per heavy atom. The molecule has 0 spiro atoms. The SMILES string of the molecule is NC1CCSc2cccc(O)c21. The molecule has 1 aromatic rings. The number of phenols is 1. The lowest BCUT2D eigenvalue weighted by Crippen LogP contribution is -2.15. The molecule has 0 radical (unpaired) electrons. The maximum absolute atomic E-state index is 9.53. The summed E-state index contributed by atoms with van der Waals surface area (Å²) in [5, 5.41) is 9.53. The summed E-state index contributed by atoms with van der Waals surface area (Å²) in [6.45, 7) is 0. The standard InChI is InChI=1S/C9H11NOS/c10-6-4-5-12-8-3-1-2-7(11)9(6)8/h1-3,6,11H,4-5,10H2. The average molecular weight is 181 g/mol. The van der Waals surface area contributed by atoms with Crippen LogP contribution < -0.4 is 5.73 Å². The molecule has 0 amide bonds. The predicted molar refractivity (Wildman–Crippen MR) is 50.4 cm³/mol. The highest BCUT2D eigenvalue weighted by molar-refractivity contribution is 7.99. The first kappa shape index (κ1) is 7.95. The smallest absolute Gasteiger partial charge is 0.121 e. The van der Waals surface area contributed by atoms with Crippen LogP contribution in [0.3, 0.4) is 0 Å². The van der Waals surface area contributed by atoms with E-state index in [0.29, 0.717) is 5.75 Å². The Labute approximate surface area is 75.8 Å². The zero-order valence-electron chi connectivity index (χ0n) is 6.66. The first-order valence-corrected chi connectivity index (χ1v) is 4.98. The summed E-state index contributed by atoms with van der Waals surface area (Å²) in [7, 11) is 0. The molecule has 0 aliphatic carbocycles. The van der Waals surface area contributed by atoms with Crippen LogP contribution in [-0.4, -0.2) is 10.9 Å². The zero-order chi connectivity index (χ0) is 8.55. The monoisotopic (exact) mass is 181 g/mol. The van der Waals surface area contributed by atoms with E-state index in [1.54, 1.807) is 17.8 Å². The molecule has 3 N–H and O–H groups in total. The first-order chi connectivity index (χ1) is 5.79. The normalized spacial score (nSPS) is 21.9. The van der Waals surface area contributed by atoms with Gasteiger partial charge < -0.3 is 10.8 Å². The second kappa shape index (κ2) is 2.99. The highest BCUT2D eigenvalue weighted by Crippen LogP contribution is 2.39. The Morgan fingerprint density at radius 1 is 1.50 bits per heavy atom. The zero-order valence-corrected chi connectivity index (χ0v) is 7.47. The van der Waals surface area contributed by atoms with E-state index >= 15 is 0 Å². The van der Waals surface area contributed by atoms with Crippen LogP contribution in [0.25, 0.3) is 0 Å². The molecular formula is C9H11NOS. The van der Waals surface area contributed by atoms with Crippen LogP contribution in [0.2, 0.25) is 0 Å². The van der Waals surface area contributed by atoms with Gasteiger partial charge in [-0.2, -0.15) is 0 Å². The van der Waals surface area contributed by atoms with Crippen molar-refractivity contribution in [2.75, 3.05) is 5.75 Å². The summed E-state index contributed by atoms with van der Waals surface area (Å²) in [4.78, 5) is 1.13. The van der Waals surface area contributed by atoms with Gasteiger partial charge in [0.15, 0.2) is 0 Å². The molecular weight excluding hydrogens is 170 g/mol. The van der Waals surface area contributed by atoms with Crippen LogP contribution in [0.5, 0.6) is 5.75 Å². The molecule has 0 saturated heterocycles. The van der Waals surface area contributed by atoms with Crippen LogP contribution in [0.4, 0.5) is 0 Å². The number of thioether (sulfide) groups is 1. The Bertz CT molecular complexity index is 301. The van der Waals surface area contributed by atoms with Gasteiger partial charge in [-0.1, -0.05) is 6.07 Å². The third-order valence-electron chi connectivity index (χ3n) is 2.10. The van der Waals surface area contributed by atoms with E-state index in [4.69, 9.17) is 5.73 Å². The molecule has 64 valence electrons. The molecule has 1 aliphatic heterocycles. The molecule has 1 unspecified atom stereocenters. The molecule has 3 heteroatoms. The minimum absolute atomic E-state index is 0.0162. The molecule has 0 aromatic heterocycles. The number of hydrogen-bond donors (Lipinski definition) is 2. The van der Waals surface area contributed by atoms with Gasteiger partial charge in [-0.25, -0.2) is 0 Å². The van der Waals surface area contributed by atoms with E-state index in [1.807, 2.05) is 12.1 Å². The van der Waals surface area contributed by atoms with Crippen molar-refractivity contribution < 1.29 is 5.11 Å². The number of nitrogens with two attached hydrogens (primary N) is 1. The summed E-state index contributed by atoms with van der Waals surface area (Å²) >= 11 is 1.77. The minimum atomic E-state index is 0.0162. The van der Waals surface area contributed by atoms with E-state index in [9.17, 15) is 5.11 Å². The van der Waals surface area contributed by atoms with E-state index in [1.165, 1.54) is 0 Å². The molecule has 1 aliphatic rings. The van der Waals surface area contributed by atoms with Gasteiger partial charge in [0.1, 0.15) is 5.75 Å². The second-order valence-electron chi connectivity index (χ2n) is 2.93. The first-order valence-electron chi connectivity index (χ1n) is 3.99. The number of hydrogen-bond acceptors (Lipinski definition) is 3. The lowest BCUT2D eigenvalue weighted by Gasteiger charge is -2.22. The van der Waals surface area contributed by atoms with Gasteiger partial charge in [-0.05, 0) is 24.3 Å². The van der Waals surface area contributed by atoms with Crippen molar-refractivity contribution >= 4 is 11.8 Å². The van der Waals surface area contributed by atoms with E-state index in [0.717, 1.165) is 22.6 Å². The van der Waals surface area contributed by atoms with Crippen LogP contribution in [0.1, 0.15) is 18.0 Å². The molecule has 1 aromatic carbocycles. The van der Waals surface area contributed by atoms with Gasteiger partial charge in [0.25, 0.3) is 0 Å². The number of rotatable bonds is 0. The number of benzene rings is 1. The molecule has 0 saturated carbocycles. The van der Waals surface area contributed by atoms with Crippen molar-refractivity contribution in [2.45, 2.75) is 17.4 Å². The molecule has 12 heavy (non-hydrogen) atoms. The molecule has 2 rings (SSSR count). The summed E-state index contributed by atoms with van der Waals surface area (Å²) in [6, 6.07) is 5.59. The van der Waals surface area contributed by atoms with Crippen LogP contribution in [-0.2, 0) is 0 Å². The maximum atomic E-state index is 9.53. The third-order valence-corrected chi connectivity index (χ3v) is 3.21. The number of phenolic OH excluding ortho intramolecular Hbond substituents is 1. The minimum Gasteiger partial charge on any atom is -0.508 e. The van der Waals surface area contributed by atoms with Crippen molar-refractivity contribution in [3.63, 3.8) is 0 Å². The molecule has 0 bridgehead atoms. The molecule has 1 atom stereocenters. The molecule has 0 fully saturated rings. The van der Waals surface area contributed by atoms with E-state index in [-0.39, 0.29) is 6.04 Å². The van der Waals surface area contributed by atoms with Crippen LogP contribution in [0.15, 0.2) is 23.1 Å². The average Bonchev–Trinajstić information content (AvgIpc) is 2.04. The lowest BCUT2D eigenvalue weighted by molar-refractivity contribution is 0.456. The summed E-state index contributed by atoms with van der Waals surface area (Å²) in [6.07, 6.45) is 0.954. The predicted octanol–water partition coefficient (Wildman–Crippen LogP) is 1.89. The number of aromatic hydroxyl groups is 1. The Balaban J connectivity index is 2.53. The van der Waals surface area contributed by atoms with Crippen molar-refractivity contribution in [1.82, 2.24) is 0 Å². The Morgan fingerprint density at radius 3 is 3.08 bits per heavy atom. The fourth-order valence-electron chi connectivity index (χ4n) is 1.47. The van der Waals surface area contributed by atoms with Gasteiger partial charge >= 0.3 is 0 Å². The van der Waals surface area contributed by atoms with Gasteiger partial charge in [0.05, 0.1) is 0 Å². The van der Waals surface area contributed by atoms with Gasteiger partial charge in [0, 0.05) is 16.5 Å². The topological polar surface area (TPSA) is 46.2 Å². The van der Waals surface area contributed by atoms with Crippen molar-refractivity contribution in [2.24, 2.45) is 5.73 Å². The molecule has 2 nitrogen and oxygen atoms in total. The van der Waals surface area contributed by atoms with Gasteiger partial charge in [-0.15, -0.1) is 11.8 Å². The Hall–Kier alpha value is -0.670. The highest BCUT2D eigenvalue weighted by Gasteiger charge is 2.19. The fraction of sp³-hybridized carbons (Fsp3) is 0.333. The quantitative estimate of drug-likeness (QED) is 0.642. The third kappa shape index (κ3) is 1.19. The highest BCUT2D eigenvalue weighted by atomic mass is 32.2. The van der Waals surface area contributed by atoms with Crippen molar-refractivity contribution in [1.29, 1.82) is 0 Å². The van der Waals surface area contributed by atoms with Crippen LogP contribution in [0, 0.1) is 0 Å². The maximum Gasteiger partial charge on any atom is 0.121 e. The lowest BCUT2D eigenvalue weighted by atomic mass is 10.0. The number of fused-ring (bicyclic) bond motifs is 1. The van der Waals surface area contributed by atoms with E-state index in [2.05, 4.69) is 0 Å². The van der Waals surface area contributed by atoms with Crippen molar-refractivity contribution in [3.8, 4) is 5.75 Å². The molecule has 1 heterocycles. The summed E-state index contributed by atoms with van der Waals surface area (Å²) in [5.41, 5.74) is 6.80. The second-order valence-corrected chi connectivity index (χ2v) is 4.07. The largest absolute Gasteiger partial charge is 0.508 e. The Kier molecular flexibility index (Phi) is 1.98. The van der Waals surface area contributed by atoms with E-state index < -0.39 is 0 Å². The summed E-state index contributed by atoms with van der Waals surface area (Å²) < 4.78 is 0. The summed E-state index contributed by atoms with van der Waals surface area (Å²) in [5.74, 6) is 1.39. The van der Waals surface area contributed by atoms with Crippen molar-refractivity contribution in [3.05, 3.63) is 23.8 Å². The van der Waals surface area contributed by atoms with Gasteiger partial charge in [0.2, 0.25) is 0 Å².